The van der Waals surface area contributed by atoms with Crippen LogP contribution in [-0.2, 0) is 4.79 Å². The summed E-state index contributed by atoms with van der Waals surface area (Å²) in [4.78, 5) is 11.1. The molecule has 0 aliphatic rings. The van der Waals surface area contributed by atoms with E-state index in [0.717, 1.165) is 12.8 Å². The second kappa shape index (κ2) is 4.64. The van der Waals surface area contributed by atoms with Crippen molar-refractivity contribution in [2.45, 2.75) is 47.5 Å². The minimum Gasteiger partial charge on any atom is -0.481 e. The third-order valence-corrected chi connectivity index (χ3v) is 2.51. The van der Waals surface area contributed by atoms with E-state index in [1.165, 1.54) is 0 Å². The molecule has 0 amide bonds. The van der Waals surface area contributed by atoms with Crippen LogP contribution in [0.2, 0.25) is 0 Å². The average Bonchev–Trinajstić information content (AvgIpc) is 1.82. The monoisotopic (exact) mass is 186 g/mol. The number of carbonyl (C=O) groups is 1. The largest absolute Gasteiger partial charge is 0.481 e. The van der Waals surface area contributed by atoms with E-state index in [1.807, 2.05) is 27.7 Å². The summed E-state index contributed by atoms with van der Waals surface area (Å²) in [6, 6.07) is 0. The van der Waals surface area contributed by atoms with Crippen LogP contribution in [0.4, 0.5) is 0 Å². The van der Waals surface area contributed by atoms with Gasteiger partial charge >= 0.3 is 5.97 Å². The molecule has 0 fully saturated rings. The van der Waals surface area contributed by atoms with E-state index in [0.29, 0.717) is 0 Å². The topological polar surface area (TPSA) is 37.3 Å². The fourth-order valence-electron chi connectivity index (χ4n) is 2.09. The lowest BCUT2D eigenvalue weighted by Gasteiger charge is -2.31. The van der Waals surface area contributed by atoms with E-state index in [1.54, 1.807) is 0 Å². The Labute approximate surface area is 81.3 Å². The maximum Gasteiger partial charge on any atom is 0.307 e. The van der Waals surface area contributed by atoms with Crippen LogP contribution in [0.15, 0.2) is 0 Å². The van der Waals surface area contributed by atoms with Gasteiger partial charge in [0.2, 0.25) is 0 Å². The first-order valence-corrected chi connectivity index (χ1v) is 5.03. The molecule has 2 nitrogen and oxygen atoms in total. The van der Waals surface area contributed by atoms with Gasteiger partial charge in [0.1, 0.15) is 0 Å². The molecule has 0 heterocycles. The van der Waals surface area contributed by atoms with Gasteiger partial charge < -0.3 is 5.11 Å². The van der Waals surface area contributed by atoms with Crippen LogP contribution in [0, 0.1) is 17.3 Å². The van der Waals surface area contributed by atoms with Crippen LogP contribution in [0.3, 0.4) is 0 Å². The summed E-state index contributed by atoms with van der Waals surface area (Å²) in [5.41, 5.74) is -0.138. The van der Waals surface area contributed by atoms with Gasteiger partial charge in [-0.15, -0.1) is 0 Å². The second-order valence-corrected chi connectivity index (χ2v) is 4.95. The SMILES string of the molecule is CCCC(C)C(C(=O)O)C(C)(C)C. The molecule has 0 aromatic heterocycles. The first kappa shape index (κ1) is 12.5. The number of hydrogen-bond acceptors (Lipinski definition) is 1. The highest BCUT2D eigenvalue weighted by molar-refractivity contribution is 5.71. The predicted molar refractivity (Wildman–Crippen MR) is 54.7 cm³/mol. The number of hydrogen-bond donors (Lipinski definition) is 1. The Hall–Kier alpha value is -0.530. The molecule has 0 aliphatic carbocycles. The number of carboxylic acid groups (broad SMARTS) is 1. The van der Waals surface area contributed by atoms with E-state index >= 15 is 0 Å². The highest BCUT2D eigenvalue weighted by Gasteiger charge is 2.35. The molecular weight excluding hydrogens is 164 g/mol. The van der Waals surface area contributed by atoms with Crippen molar-refractivity contribution in [2.75, 3.05) is 0 Å². The van der Waals surface area contributed by atoms with Crippen LogP contribution in [0.5, 0.6) is 0 Å². The zero-order valence-electron chi connectivity index (χ0n) is 9.42. The van der Waals surface area contributed by atoms with Gasteiger partial charge in [0.15, 0.2) is 0 Å². The Balaban J connectivity index is 4.52. The van der Waals surface area contributed by atoms with E-state index < -0.39 is 5.97 Å². The Morgan fingerprint density at radius 1 is 1.38 bits per heavy atom. The van der Waals surface area contributed by atoms with E-state index in [2.05, 4.69) is 6.92 Å². The van der Waals surface area contributed by atoms with Crippen molar-refractivity contribution in [3.05, 3.63) is 0 Å². The van der Waals surface area contributed by atoms with Crippen molar-refractivity contribution in [3.63, 3.8) is 0 Å². The Bertz CT molecular complexity index is 167. The molecule has 1 N–H and O–H groups in total. The molecule has 0 saturated carbocycles. The van der Waals surface area contributed by atoms with Crippen LogP contribution in [-0.4, -0.2) is 11.1 Å². The highest BCUT2D eigenvalue weighted by atomic mass is 16.4. The molecular formula is C11H22O2. The summed E-state index contributed by atoms with van der Waals surface area (Å²) in [6.45, 7) is 10.1. The fraction of sp³-hybridized carbons (Fsp3) is 0.909. The van der Waals surface area contributed by atoms with Gasteiger partial charge in [-0.3, -0.25) is 4.79 Å². The Kier molecular flexibility index (Phi) is 4.45. The number of aliphatic carboxylic acids is 1. The summed E-state index contributed by atoms with van der Waals surface area (Å²) in [5, 5.41) is 9.11. The van der Waals surface area contributed by atoms with Gasteiger partial charge in [0, 0.05) is 0 Å². The molecule has 0 radical (unpaired) electrons. The normalized spacial score (nSPS) is 16.7. The number of rotatable bonds is 4. The highest BCUT2D eigenvalue weighted by Crippen LogP contribution is 2.34. The standard InChI is InChI=1S/C11H22O2/c1-6-7-8(2)9(10(12)13)11(3,4)5/h8-9H,6-7H2,1-5H3,(H,12,13). The van der Waals surface area contributed by atoms with E-state index in [4.69, 9.17) is 5.11 Å². The summed E-state index contributed by atoms with van der Waals surface area (Å²) in [5.74, 6) is -0.622. The summed E-state index contributed by atoms with van der Waals surface area (Å²) in [6.07, 6.45) is 2.05. The smallest absolute Gasteiger partial charge is 0.307 e. The lowest BCUT2D eigenvalue weighted by molar-refractivity contribution is -0.148. The minimum absolute atomic E-state index is 0.138. The third kappa shape index (κ3) is 3.79. The van der Waals surface area contributed by atoms with Gasteiger partial charge in [-0.25, -0.2) is 0 Å². The molecule has 0 saturated heterocycles. The quantitative estimate of drug-likeness (QED) is 0.732. The van der Waals surface area contributed by atoms with Crippen molar-refractivity contribution in [2.24, 2.45) is 17.3 Å². The number of carboxylic acids is 1. The molecule has 0 aromatic rings. The van der Waals surface area contributed by atoms with Crippen molar-refractivity contribution in [3.8, 4) is 0 Å². The van der Waals surface area contributed by atoms with Gasteiger partial charge in [-0.05, 0) is 11.3 Å². The molecule has 0 spiro atoms. The molecule has 2 heteroatoms. The van der Waals surface area contributed by atoms with Gasteiger partial charge in [0.05, 0.1) is 5.92 Å². The van der Waals surface area contributed by atoms with Crippen molar-refractivity contribution in [1.29, 1.82) is 0 Å². The lowest BCUT2D eigenvalue weighted by atomic mass is 9.72. The molecule has 0 aliphatic heterocycles. The van der Waals surface area contributed by atoms with Gasteiger partial charge in [-0.2, -0.15) is 0 Å². The Morgan fingerprint density at radius 3 is 2.08 bits per heavy atom. The molecule has 0 aromatic carbocycles. The summed E-state index contributed by atoms with van der Waals surface area (Å²) < 4.78 is 0. The zero-order chi connectivity index (χ0) is 10.6. The van der Waals surface area contributed by atoms with Crippen molar-refractivity contribution >= 4 is 5.97 Å². The van der Waals surface area contributed by atoms with Crippen molar-refractivity contribution < 1.29 is 9.90 Å². The predicted octanol–water partition coefficient (Wildman–Crippen LogP) is 3.17. The van der Waals surface area contributed by atoms with Crippen molar-refractivity contribution in [1.82, 2.24) is 0 Å². The summed E-state index contributed by atoms with van der Waals surface area (Å²) in [7, 11) is 0. The Morgan fingerprint density at radius 2 is 1.85 bits per heavy atom. The van der Waals surface area contributed by atoms with E-state index in [9.17, 15) is 4.79 Å². The zero-order valence-corrected chi connectivity index (χ0v) is 9.42. The molecule has 0 bridgehead atoms. The van der Waals surface area contributed by atoms with Crippen LogP contribution >= 0.6 is 0 Å². The molecule has 13 heavy (non-hydrogen) atoms. The van der Waals surface area contributed by atoms with Crippen LogP contribution in [0.1, 0.15) is 47.5 Å². The first-order valence-electron chi connectivity index (χ1n) is 5.03. The van der Waals surface area contributed by atoms with Gasteiger partial charge in [-0.1, -0.05) is 47.5 Å². The first-order chi connectivity index (χ1) is 5.80. The minimum atomic E-state index is -0.659. The second-order valence-electron chi connectivity index (χ2n) is 4.95. The molecule has 2 atom stereocenters. The maximum absolute atomic E-state index is 11.1. The lowest BCUT2D eigenvalue weighted by Crippen LogP contribution is -2.33. The maximum atomic E-state index is 11.1. The van der Waals surface area contributed by atoms with Gasteiger partial charge in [0.25, 0.3) is 0 Å². The van der Waals surface area contributed by atoms with Crippen LogP contribution in [0.25, 0.3) is 0 Å². The third-order valence-electron chi connectivity index (χ3n) is 2.51. The summed E-state index contributed by atoms with van der Waals surface area (Å²) >= 11 is 0. The molecule has 0 rings (SSSR count). The van der Waals surface area contributed by atoms with Crippen LogP contribution < -0.4 is 0 Å². The average molecular weight is 186 g/mol. The molecule has 2 unspecified atom stereocenters. The van der Waals surface area contributed by atoms with E-state index in [-0.39, 0.29) is 17.3 Å². The fourth-order valence-corrected chi connectivity index (χ4v) is 2.09. The molecule has 78 valence electrons.